The van der Waals surface area contributed by atoms with E-state index in [2.05, 4.69) is 15.3 Å². The fourth-order valence-corrected chi connectivity index (χ4v) is 3.02. The van der Waals surface area contributed by atoms with Gasteiger partial charge in [-0.3, -0.25) is 4.79 Å². The van der Waals surface area contributed by atoms with Gasteiger partial charge in [0.05, 0.1) is 22.4 Å². The Kier molecular flexibility index (Phi) is 4.38. The van der Waals surface area contributed by atoms with E-state index in [4.69, 9.17) is 4.42 Å². The van der Waals surface area contributed by atoms with Crippen molar-refractivity contribution in [1.82, 2.24) is 9.97 Å². The van der Waals surface area contributed by atoms with Crippen LogP contribution in [0.25, 0.3) is 0 Å². The number of oxazole rings is 1. The zero-order valence-electron chi connectivity index (χ0n) is 10.1. The Labute approximate surface area is 113 Å². The minimum atomic E-state index is -0.110. The molecule has 18 heavy (non-hydrogen) atoms. The predicted molar refractivity (Wildman–Crippen MR) is 71.9 cm³/mol. The lowest BCUT2D eigenvalue weighted by Gasteiger charge is -1.94. The summed E-state index contributed by atoms with van der Waals surface area (Å²) in [7, 11) is 0. The van der Waals surface area contributed by atoms with Gasteiger partial charge in [-0.1, -0.05) is 18.3 Å². The minimum absolute atomic E-state index is 0.110. The van der Waals surface area contributed by atoms with Crippen molar-refractivity contribution in [2.45, 2.75) is 30.2 Å². The number of rotatable bonds is 5. The topological polar surface area (TPSA) is 68.0 Å². The number of carbonyl (C=O) groups is 1. The number of nitrogens with one attached hydrogen (secondary N) is 1. The van der Waals surface area contributed by atoms with Crippen LogP contribution in [0.4, 0.5) is 5.13 Å². The summed E-state index contributed by atoms with van der Waals surface area (Å²) in [4.78, 5) is 19.2. The van der Waals surface area contributed by atoms with E-state index in [1.54, 1.807) is 24.2 Å². The van der Waals surface area contributed by atoms with Crippen LogP contribution in [0, 0.1) is 0 Å². The second kappa shape index (κ2) is 6.01. The lowest BCUT2D eigenvalue weighted by molar-refractivity contribution is -0.114. The Balaban J connectivity index is 1.89. The lowest BCUT2D eigenvalue weighted by Crippen LogP contribution is -2.04. The van der Waals surface area contributed by atoms with Crippen LogP contribution in [0.1, 0.15) is 25.5 Å². The van der Waals surface area contributed by atoms with Gasteiger partial charge >= 0.3 is 0 Å². The molecule has 1 N–H and O–H groups in total. The zero-order valence-corrected chi connectivity index (χ0v) is 11.7. The van der Waals surface area contributed by atoms with Gasteiger partial charge in [0.25, 0.3) is 0 Å². The summed E-state index contributed by atoms with van der Waals surface area (Å²) in [6.45, 7) is 3.49. The van der Waals surface area contributed by atoms with Crippen molar-refractivity contribution in [3.63, 3.8) is 0 Å². The van der Waals surface area contributed by atoms with Gasteiger partial charge in [-0.25, -0.2) is 9.97 Å². The Morgan fingerprint density at radius 1 is 1.50 bits per heavy atom. The Morgan fingerprint density at radius 3 is 3.00 bits per heavy atom. The third kappa shape index (κ3) is 3.58. The summed E-state index contributed by atoms with van der Waals surface area (Å²) in [5, 5.41) is 3.27. The molecule has 7 heteroatoms. The minimum Gasteiger partial charge on any atom is -0.445 e. The number of aryl methyl sites for hydroxylation is 1. The van der Waals surface area contributed by atoms with Crippen molar-refractivity contribution < 1.29 is 9.21 Å². The van der Waals surface area contributed by atoms with E-state index < -0.39 is 0 Å². The van der Waals surface area contributed by atoms with Gasteiger partial charge in [-0.05, 0) is 0 Å². The molecule has 0 spiro atoms. The molecule has 0 unspecified atom stereocenters. The molecule has 0 aromatic carbocycles. The van der Waals surface area contributed by atoms with Gasteiger partial charge < -0.3 is 9.73 Å². The first-order valence-corrected chi connectivity index (χ1v) is 7.27. The van der Waals surface area contributed by atoms with E-state index in [1.165, 1.54) is 18.3 Å². The highest BCUT2D eigenvalue weighted by Crippen LogP contribution is 2.30. The van der Waals surface area contributed by atoms with Crippen molar-refractivity contribution in [2.75, 3.05) is 5.32 Å². The van der Waals surface area contributed by atoms with Crippen molar-refractivity contribution >= 4 is 34.1 Å². The van der Waals surface area contributed by atoms with Crippen LogP contribution in [-0.4, -0.2) is 15.9 Å². The molecule has 0 aliphatic carbocycles. The molecule has 0 aliphatic heterocycles. The second-order valence-corrected chi connectivity index (χ2v) is 5.83. The number of thiazole rings is 1. The first-order chi connectivity index (χ1) is 8.67. The van der Waals surface area contributed by atoms with Crippen LogP contribution in [0.5, 0.6) is 0 Å². The average molecular weight is 283 g/mol. The van der Waals surface area contributed by atoms with E-state index >= 15 is 0 Å². The van der Waals surface area contributed by atoms with Crippen molar-refractivity contribution in [2.24, 2.45) is 0 Å². The number of thioether (sulfide) groups is 1. The van der Waals surface area contributed by atoms with Crippen molar-refractivity contribution in [3.8, 4) is 0 Å². The molecule has 1 amide bonds. The molecule has 0 atom stereocenters. The van der Waals surface area contributed by atoms with Crippen LogP contribution < -0.4 is 5.32 Å². The number of carbonyl (C=O) groups excluding carboxylic acids is 1. The second-order valence-electron chi connectivity index (χ2n) is 3.53. The molecular weight excluding hydrogens is 270 g/mol. The molecule has 2 heterocycles. The molecule has 96 valence electrons. The van der Waals surface area contributed by atoms with Gasteiger partial charge in [0.1, 0.15) is 5.76 Å². The molecule has 0 aliphatic rings. The van der Waals surface area contributed by atoms with Crippen LogP contribution >= 0.6 is 23.1 Å². The number of anilines is 1. The smallest absolute Gasteiger partial charge is 0.223 e. The number of nitrogens with zero attached hydrogens (tertiary/aromatic N) is 2. The van der Waals surface area contributed by atoms with Crippen LogP contribution in [0.15, 0.2) is 21.0 Å². The maximum atomic E-state index is 10.9. The SMILES string of the molecule is CCc1cnc(CSc2cnc(NC(C)=O)s2)o1. The van der Waals surface area contributed by atoms with E-state index in [0.29, 0.717) is 16.8 Å². The van der Waals surface area contributed by atoms with Gasteiger partial charge in [-0.2, -0.15) is 0 Å². The Hall–Kier alpha value is -1.34. The van der Waals surface area contributed by atoms with E-state index in [-0.39, 0.29) is 5.91 Å². The average Bonchev–Trinajstić information content (AvgIpc) is 2.94. The largest absolute Gasteiger partial charge is 0.445 e. The van der Waals surface area contributed by atoms with E-state index in [1.807, 2.05) is 6.92 Å². The lowest BCUT2D eigenvalue weighted by atomic mass is 10.4. The highest BCUT2D eigenvalue weighted by atomic mass is 32.2. The van der Waals surface area contributed by atoms with Gasteiger partial charge in [0, 0.05) is 13.3 Å². The molecule has 0 saturated heterocycles. The number of amides is 1. The third-order valence-electron chi connectivity index (χ3n) is 2.06. The van der Waals surface area contributed by atoms with Crippen LogP contribution in [0.2, 0.25) is 0 Å². The Bertz CT molecular complexity index is 536. The molecule has 2 aromatic heterocycles. The predicted octanol–water partition coefficient (Wildman–Crippen LogP) is 2.94. The summed E-state index contributed by atoms with van der Waals surface area (Å²) >= 11 is 3.04. The highest BCUT2D eigenvalue weighted by molar-refractivity contribution is 8.00. The zero-order chi connectivity index (χ0) is 13.0. The van der Waals surface area contributed by atoms with Gasteiger partial charge in [0.15, 0.2) is 5.13 Å². The van der Waals surface area contributed by atoms with Crippen molar-refractivity contribution in [3.05, 3.63) is 24.0 Å². The highest BCUT2D eigenvalue weighted by Gasteiger charge is 2.07. The molecule has 2 aromatic rings. The molecule has 0 saturated carbocycles. The standard InChI is InChI=1S/C11H13N3O2S2/c1-3-8-4-12-9(16-8)6-17-10-5-13-11(18-10)14-7(2)15/h4-5H,3,6H2,1-2H3,(H,13,14,15). The summed E-state index contributed by atoms with van der Waals surface area (Å²) in [6, 6.07) is 0. The number of aromatic nitrogens is 2. The van der Waals surface area contributed by atoms with Crippen molar-refractivity contribution in [1.29, 1.82) is 0 Å². The first kappa shape index (κ1) is 13.1. The number of hydrogen-bond donors (Lipinski definition) is 1. The molecule has 2 rings (SSSR count). The molecular formula is C11H13N3O2S2. The monoisotopic (exact) mass is 283 g/mol. The summed E-state index contributed by atoms with van der Waals surface area (Å²) in [5.41, 5.74) is 0. The summed E-state index contributed by atoms with van der Waals surface area (Å²) in [6.07, 6.45) is 4.35. The quantitative estimate of drug-likeness (QED) is 0.854. The fourth-order valence-electron chi connectivity index (χ4n) is 1.25. The maximum Gasteiger partial charge on any atom is 0.223 e. The Morgan fingerprint density at radius 2 is 2.33 bits per heavy atom. The molecule has 0 radical (unpaired) electrons. The van der Waals surface area contributed by atoms with E-state index in [0.717, 1.165) is 16.4 Å². The molecule has 0 bridgehead atoms. The van der Waals surface area contributed by atoms with Crippen LogP contribution in [-0.2, 0) is 17.0 Å². The third-order valence-corrected chi connectivity index (χ3v) is 4.15. The molecule has 0 fully saturated rings. The van der Waals surface area contributed by atoms with Gasteiger partial charge in [-0.15, -0.1) is 11.8 Å². The van der Waals surface area contributed by atoms with Crippen LogP contribution in [0.3, 0.4) is 0 Å². The number of hydrogen-bond acceptors (Lipinski definition) is 6. The van der Waals surface area contributed by atoms with E-state index in [9.17, 15) is 4.79 Å². The maximum absolute atomic E-state index is 10.9. The summed E-state index contributed by atoms with van der Waals surface area (Å²) < 4.78 is 6.53. The van der Waals surface area contributed by atoms with Gasteiger partial charge in [0.2, 0.25) is 11.8 Å². The fraction of sp³-hybridized carbons (Fsp3) is 0.364. The normalized spacial score (nSPS) is 10.6. The molecule has 5 nitrogen and oxygen atoms in total. The first-order valence-electron chi connectivity index (χ1n) is 5.47. The summed E-state index contributed by atoms with van der Waals surface area (Å²) in [5.74, 6) is 2.17.